The Kier molecular flexibility index (Phi) is 7.63. The van der Waals surface area contributed by atoms with E-state index in [1.165, 1.54) is 11.1 Å². The number of ether oxygens (including phenoxy) is 1. The fourth-order valence-electron chi connectivity index (χ4n) is 2.67. The van der Waals surface area contributed by atoms with Crippen molar-refractivity contribution >= 4 is 5.69 Å². The zero-order chi connectivity index (χ0) is 17.2. The van der Waals surface area contributed by atoms with E-state index in [-0.39, 0.29) is 0 Å². The molecule has 3 heteroatoms. The topological polar surface area (TPSA) is 47.3 Å². The van der Waals surface area contributed by atoms with E-state index in [1.807, 2.05) is 18.2 Å². The van der Waals surface area contributed by atoms with E-state index in [1.54, 1.807) is 0 Å². The van der Waals surface area contributed by atoms with Gasteiger partial charge >= 0.3 is 0 Å². The van der Waals surface area contributed by atoms with Gasteiger partial charge in [0.1, 0.15) is 5.75 Å². The molecule has 2 rings (SSSR count). The number of anilines is 1. The van der Waals surface area contributed by atoms with Gasteiger partial charge in [-0.15, -0.1) is 0 Å². The van der Waals surface area contributed by atoms with Crippen LogP contribution < -0.4 is 15.8 Å². The second kappa shape index (κ2) is 9.99. The van der Waals surface area contributed by atoms with Gasteiger partial charge < -0.3 is 15.8 Å². The molecular weight excluding hydrogens is 296 g/mol. The fourth-order valence-corrected chi connectivity index (χ4v) is 2.67. The minimum absolute atomic E-state index is 0.543. The summed E-state index contributed by atoms with van der Waals surface area (Å²) in [5.74, 6) is 0.798. The molecule has 24 heavy (non-hydrogen) atoms. The minimum atomic E-state index is 0.543. The summed E-state index contributed by atoms with van der Waals surface area (Å²) in [7, 11) is 0. The van der Waals surface area contributed by atoms with E-state index in [0.29, 0.717) is 12.6 Å². The smallest absolute Gasteiger partial charge is 0.142 e. The first-order chi connectivity index (χ1) is 11.6. The predicted molar refractivity (Wildman–Crippen MR) is 103 cm³/mol. The van der Waals surface area contributed by atoms with Gasteiger partial charge in [-0.3, -0.25) is 0 Å². The molecule has 3 N–H and O–H groups in total. The van der Waals surface area contributed by atoms with Crippen molar-refractivity contribution in [2.75, 3.05) is 18.9 Å². The number of hydrogen-bond donors (Lipinski definition) is 2. The predicted octanol–water partition coefficient (Wildman–Crippen LogP) is 4.21. The highest BCUT2D eigenvalue weighted by Gasteiger charge is 2.03. The van der Waals surface area contributed by atoms with Crippen LogP contribution in [0.25, 0.3) is 0 Å². The van der Waals surface area contributed by atoms with Crippen molar-refractivity contribution < 1.29 is 4.74 Å². The maximum Gasteiger partial charge on any atom is 0.142 e. The maximum absolute atomic E-state index is 6.13. The van der Waals surface area contributed by atoms with Gasteiger partial charge in [0.15, 0.2) is 0 Å². The van der Waals surface area contributed by atoms with E-state index in [0.717, 1.165) is 43.7 Å². The Morgan fingerprint density at radius 2 is 1.71 bits per heavy atom. The van der Waals surface area contributed by atoms with Crippen LogP contribution >= 0.6 is 0 Å². The van der Waals surface area contributed by atoms with Crippen LogP contribution in [-0.4, -0.2) is 19.2 Å². The monoisotopic (exact) mass is 326 g/mol. The lowest BCUT2D eigenvalue weighted by Gasteiger charge is -2.11. The van der Waals surface area contributed by atoms with Gasteiger partial charge in [0.25, 0.3) is 0 Å². The number of aryl methyl sites for hydroxylation is 2. The molecule has 0 bridgehead atoms. The Morgan fingerprint density at radius 1 is 0.958 bits per heavy atom. The highest BCUT2D eigenvalue weighted by atomic mass is 16.5. The molecule has 0 aliphatic heterocycles. The van der Waals surface area contributed by atoms with Gasteiger partial charge in [-0.2, -0.15) is 0 Å². The van der Waals surface area contributed by atoms with Crippen molar-refractivity contribution in [3.8, 4) is 5.75 Å². The molecule has 0 radical (unpaired) electrons. The maximum atomic E-state index is 6.13. The molecule has 0 amide bonds. The van der Waals surface area contributed by atoms with Crippen LogP contribution in [0.2, 0.25) is 0 Å². The number of benzene rings is 2. The van der Waals surface area contributed by atoms with Crippen LogP contribution in [0.4, 0.5) is 5.69 Å². The van der Waals surface area contributed by atoms with Gasteiger partial charge in [0, 0.05) is 6.04 Å². The summed E-state index contributed by atoms with van der Waals surface area (Å²) in [5, 5.41) is 3.43. The van der Waals surface area contributed by atoms with Crippen LogP contribution in [-0.2, 0) is 12.8 Å². The van der Waals surface area contributed by atoms with Gasteiger partial charge in [0.2, 0.25) is 0 Å². The molecule has 0 fully saturated rings. The van der Waals surface area contributed by atoms with Crippen LogP contribution in [0.15, 0.2) is 48.5 Å². The van der Waals surface area contributed by atoms with Crippen LogP contribution in [0, 0.1) is 0 Å². The Bertz CT molecular complexity index is 596. The molecular formula is C21H30N2O. The number of nitrogen functional groups attached to an aromatic ring is 1. The van der Waals surface area contributed by atoms with Crippen molar-refractivity contribution in [1.29, 1.82) is 0 Å². The van der Waals surface area contributed by atoms with Crippen LogP contribution in [0.5, 0.6) is 5.75 Å². The van der Waals surface area contributed by atoms with Crippen molar-refractivity contribution in [3.63, 3.8) is 0 Å². The van der Waals surface area contributed by atoms with Crippen LogP contribution in [0.1, 0.15) is 37.8 Å². The molecule has 2 aromatic rings. The molecule has 0 heterocycles. The molecule has 3 nitrogen and oxygen atoms in total. The summed E-state index contributed by atoms with van der Waals surface area (Å²) in [5.41, 5.74) is 9.49. The minimum Gasteiger partial charge on any atom is -0.491 e. The van der Waals surface area contributed by atoms with Crippen molar-refractivity contribution in [3.05, 3.63) is 59.7 Å². The first-order valence-electron chi connectivity index (χ1n) is 8.93. The standard InChI is InChI=1S/C21H30N2O/c1-17(2)23-14-6-10-19-12-13-21(20(22)16-19)24-15-7-11-18-8-4-3-5-9-18/h3-5,8-9,12-13,16-17,23H,6-7,10-11,14-15,22H2,1-2H3. The zero-order valence-electron chi connectivity index (χ0n) is 14.9. The highest BCUT2D eigenvalue weighted by Crippen LogP contribution is 2.23. The Hall–Kier alpha value is -2.00. The van der Waals surface area contributed by atoms with E-state index in [2.05, 4.69) is 49.5 Å². The summed E-state index contributed by atoms with van der Waals surface area (Å²) in [6, 6.07) is 17.2. The van der Waals surface area contributed by atoms with Crippen molar-refractivity contribution in [1.82, 2.24) is 5.32 Å². The first-order valence-corrected chi connectivity index (χ1v) is 8.93. The summed E-state index contributed by atoms with van der Waals surface area (Å²) in [6.45, 7) is 6.07. The van der Waals surface area contributed by atoms with Crippen molar-refractivity contribution in [2.45, 2.75) is 45.6 Å². The van der Waals surface area contributed by atoms with Gasteiger partial charge in [-0.05, 0) is 55.5 Å². The van der Waals surface area contributed by atoms with Gasteiger partial charge in [-0.1, -0.05) is 50.2 Å². The molecule has 2 aromatic carbocycles. The number of rotatable bonds is 10. The normalized spacial score (nSPS) is 11.0. The third-order valence-corrected chi connectivity index (χ3v) is 3.98. The molecule has 0 aliphatic carbocycles. The van der Waals surface area contributed by atoms with E-state index < -0.39 is 0 Å². The second-order valence-electron chi connectivity index (χ2n) is 6.52. The lowest BCUT2D eigenvalue weighted by Crippen LogP contribution is -2.23. The summed E-state index contributed by atoms with van der Waals surface area (Å²) in [6.07, 6.45) is 4.18. The number of nitrogens with two attached hydrogens (primary N) is 1. The molecule has 0 aliphatic rings. The van der Waals surface area contributed by atoms with Crippen LogP contribution in [0.3, 0.4) is 0 Å². The van der Waals surface area contributed by atoms with Gasteiger partial charge in [0.05, 0.1) is 12.3 Å². The highest BCUT2D eigenvalue weighted by molar-refractivity contribution is 5.54. The largest absolute Gasteiger partial charge is 0.491 e. The lowest BCUT2D eigenvalue weighted by molar-refractivity contribution is 0.312. The fraction of sp³-hybridized carbons (Fsp3) is 0.429. The van der Waals surface area contributed by atoms with Gasteiger partial charge in [-0.25, -0.2) is 0 Å². The molecule has 0 saturated carbocycles. The Morgan fingerprint density at radius 3 is 2.42 bits per heavy atom. The Labute approximate surface area is 146 Å². The average Bonchev–Trinajstić information content (AvgIpc) is 2.58. The summed E-state index contributed by atoms with van der Waals surface area (Å²) in [4.78, 5) is 0. The third kappa shape index (κ3) is 6.63. The molecule has 0 saturated heterocycles. The molecule has 0 atom stereocenters. The number of hydrogen-bond acceptors (Lipinski definition) is 3. The first kappa shape index (κ1) is 18.3. The molecule has 0 aromatic heterocycles. The van der Waals surface area contributed by atoms with E-state index in [9.17, 15) is 0 Å². The zero-order valence-corrected chi connectivity index (χ0v) is 14.9. The molecule has 0 unspecified atom stereocenters. The third-order valence-electron chi connectivity index (χ3n) is 3.98. The lowest BCUT2D eigenvalue weighted by atomic mass is 10.1. The number of nitrogens with one attached hydrogen (secondary N) is 1. The average molecular weight is 326 g/mol. The van der Waals surface area contributed by atoms with E-state index >= 15 is 0 Å². The second-order valence-corrected chi connectivity index (χ2v) is 6.52. The molecule has 130 valence electrons. The van der Waals surface area contributed by atoms with E-state index in [4.69, 9.17) is 10.5 Å². The SMILES string of the molecule is CC(C)NCCCc1ccc(OCCCc2ccccc2)c(N)c1. The quantitative estimate of drug-likeness (QED) is 0.508. The summed E-state index contributed by atoms with van der Waals surface area (Å²) < 4.78 is 5.83. The summed E-state index contributed by atoms with van der Waals surface area (Å²) >= 11 is 0. The molecule has 0 spiro atoms. The Balaban J connectivity index is 1.71. The van der Waals surface area contributed by atoms with Crippen molar-refractivity contribution in [2.24, 2.45) is 0 Å².